The second kappa shape index (κ2) is 8.71. The zero-order valence-electron chi connectivity index (χ0n) is 18.1. The van der Waals surface area contributed by atoms with E-state index >= 15 is 0 Å². The zero-order chi connectivity index (χ0) is 25.5. The smallest absolute Gasteiger partial charge is 0.426 e. The second-order valence-corrected chi connectivity index (χ2v) is 8.98. The highest BCUT2D eigenvalue weighted by Gasteiger charge is 2.58. The molecule has 1 atom stereocenters. The Morgan fingerprint density at radius 3 is 2.32 bits per heavy atom. The Morgan fingerprint density at radius 1 is 1.09 bits per heavy atom. The van der Waals surface area contributed by atoms with Crippen LogP contribution < -0.4 is 5.32 Å². The maximum atomic E-state index is 13.8. The van der Waals surface area contributed by atoms with E-state index in [0.717, 1.165) is 0 Å². The van der Waals surface area contributed by atoms with Crippen molar-refractivity contribution in [3.8, 4) is 11.6 Å². The molecule has 34 heavy (non-hydrogen) atoms. The lowest BCUT2D eigenvalue weighted by Crippen LogP contribution is -2.42. The highest BCUT2D eigenvalue weighted by atomic mass is 19.4. The van der Waals surface area contributed by atoms with E-state index in [4.69, 9.17) is 9.52 Å². The van der Waals surface area contributed by atoms with Crippen LogP contribution in [0.3, 0.4) is 0 Å². The van der Waals surface area contributed by atoms with Crippen LogP contribution in [0.2, 0.25) is 0 Å². The Kier molecular flexibility index (Phi) is 6.59. The average Bonchev–Trinajstić information content (AvgIpc) is 3.15. The molecule has 3 heterocycles. The number of fused-ring (bicyclic) bond motifs is 5. The Balaban J connectivity index is 2.28. The van der Waals surface area contributed by atoms with Crippen molar-refractivity contribution in [3.63, 3.8) is 0 Å². The SMILES string of the molecule is CC1(C)CCCCC[C@](O)(C(F)(F)F)c2nnc(o2)-c2nc(c(C(F)(F)F)cc2NC(=O)O)C1. The highest BCUT2D eigenvalue weighted by molar-refractivity contribution is 5.88. The number of hydrogen-bond donors (Lipinski definition) is 3. The summed E-state index contributed by atoms with van der Waals surface area (Å²) in [6.45, 7) is 3.39. The van der Waals surface area contributed by atoms with Gasteiger partial charge in [0, 0.05) is 0 Å². The highest BCUT2D eigenvalue weighted by Crippen LogP contribution is 2.45. The summed E-state index contributed by atoms with van der Waals surface area (Å²) >= 11 is 0. The van der Waals surface area contributed by atoms with Gasteiger partial charge in [0.15, 0.2) is 5.69 Å². The number of anilines is 1. The summed E-state index contributed by atoms with van der Waals surface area (Å²) in [6.07, 6.45) is -11.8. The summed E-state index contributed by atoms with van der Waals surface area (Å²) in [5.41, 5.74) is -7.16. The summed E-state index contributed by atoms with van der Waals surface area (Å²) in [5, 5.41) is 27.9. The van der Waals surface area contributed by atoms with Gasteiger partial charge in [0.1, 0.15) is 0 Å². The van der Waals surface area contributed by atoms with Gasteiger partial charge in [-0.15, -0.1) is 10.2 Å². The molecule has 1 aliphatic heterocycles. The van der Waals surface area contributed by atoms with Gasteiger partial charge in [0.2, 0.25) is 5.60 Å². The van der Waals surface area contributed by atoms with Crippen LogP contribution in [0.1, 0.15) is 63.1 Å². The quantitative estimate of drug-likeness (QED) is 0.444. The first-order valence-corrected chi connectivity index (χ1v) is 10.3. The molecular formula is C20H22F6N4O4. The van der Waals surface area contributed by atoms with Crippen LogP contribution in [0.4, 0.5) is 36.8 Å². The molecule has 0 radical (unpaired) electrons. The standard InChI is InChI=1S/C20H22F6N4O4/c1-17(2)6-4-3-5-7-18(33,20(24,25)26)15-30-29-14(34-15)13-11(28-16(31)32)8-10(19(21,22)23)12(9-17)27-13/h8,28,33H,3-7,9H2,1-2H3,(H,31,32)/t18-/m1/s1. The number of aromatic nitrogens is 3. The Morgan fingerprint density at radius 2 is 1.74 bits per heavy atom. The third-order valence-corrected chi connectivity index (χ3v) is 5.64. The monoisotopic (exact) mass is 496 g/mol. The number of carboxylic acid groups (broad SMARTS) is 1. The predicted octanol–water partition coefficient (Wildman–Crippen LogP) is 5.52. The normalized spacial score (nSPS) is 21.6. The van der Waals surface area contributed by atoms with E-state index in [9.17, 15) is 36.2 Å². The first-order chi connectivity index (χ1) is 15.5. The van der Waals surface area contributed by atoms with Crippen LogP contribution in [0.5, 0.6) is 0 Å². The number of alkyl halides is 6. The molecule has 0 aliphatic carbocycles. The summed E-state index contributed by atoms with van der Waals surface area (Å²) in [4.78, 5) is 15.1. The molecule has 0 fully saturated rings. The fourth-order valence-corrected chi connectivity index (χ4v) is 3.86. The molecule has 2 aromatic heterocycles. The molecule has 3 rings (SSSR count). The zero-order valence-corrected chi connectivity index (χ0v) is 18.1. The third-order valence-electron chi connectivity index (χ3n) is 5.64. The van der Waals surface area contributed by atoms with Crippen molar-refractivity contribution in [2.45, 2.75) is 70.3 Å². The summed E-state index contributed by atoms with van der Waals surface area (Å²) in [5.74, 6) is -1.98. The van der Waals surface area contributed by atoms with Crippen LogP contribution in [-0.2, 0) is 18.2 Å². The van der Waals surface area contributed by atoms with Crippen molar-refractivity contribution in [3.05, 3.63) is 23.2 Å². The summed E-state index contributed by atoms with van der Waals surface area (Å²) in [7, 11) is 0. The lowest BCUT2D eigenvalue weighted by molar-refractivity contribution is -0.277. The molecule has 0 spiro atoms. The van der Waals surface area contributed by atoms with Gasteiger partial charge in [-0.25, -0.2) is 9.78 Å². The van der Waals surface area contributed by atoms with E-state index in [-0.39, 0.29) is 19.3 Å². The number of amides is 1. The fourth-order valence-electron chi connectivity index (χ4n) is 3.86. The molecule has 0 saturated carbocycles. The Hall–Kier alpha value is -2.90. The number of rotatable bonds is 1. The van der Waals surface area contributed by atoms with Crippen LogP contribution in [-0.4, -0.2) is 37.7 Å². The van der Waals surface area contributed by atoms with Gasteiger partial charge in [-0.1, -0.05) is 26.7 Å². The van der Waals surface area contributed by atoms with Crippen molar-refractivity contribution in [1.82, 2.24) is 15.2 Å². The third kappa shape index (κ3) is 5.26. The summed E-state index contributed by atoms with van der Waals surface area (Å²) < 4.78 is 87.7. The van der Waals surface area contributed by atoms with Gasteiger partial charge in [-0.05, 0) is 37.2 Å². The first kappa shape index (κ1) is 25.7. The largest absolute Gasteiger partial charge is 0.465 e. The molecule has 0 aromatic carbocycles. The van der Waals surface area contributed by atoms with Gasteiger partial charge < -0.3 is 14.6 Å². The Labute approximate surface area is 189 Å². The maximum absolute atomic E-state index is 13.8. The van der Waals surface area contributed by atoms with Crippen LogP contribution in [0.15, 0.2) is 10.5 Å². The van der Waals surface area contributed by atoms with Crippen LogP contribution >= 0.6 is 0 Å². The van der Waals surface area contributed by atoms with Crippen molar-refractivity contribution >= 4 is 11.8 Å². The number of nitrogens with one attached hydrogen (secondary N) is 1. The minimum absolute atomic E-state index is 0.0625. The van der Waals surface area contributed by atoms with Gasteiger partial charge in [-0.2, -0.15) is 26.3 Å². The van der Waals surface area contributed by atoms with Crippen LogP contribution in [0, 0.1) is 5.41 Å². The van der Waals surface area contributed by atoms with E-state index in [0.29, 0.717) is 18.9 Å². The minimum Gasteiger partial charge on any atom is -0.465 e. The average molecular weight is 496 g/mol. The number of hydrogen-bond acceptors (Lipinski definition) is 6. The molecular weight excluding hydrogens is 474 g/mol. The Bertz CT molecular complexity index is 1070. The second-order valence-electron chi connectivity index (χ2n) is 8.98. The lowest BCUT2D eigenvalue weighted by Gasteiger charge is -2.28. The first-order valence-electron chi connectivity index (χ1n) is 10.3. The van der Waals surface area contributed by atoms with E-state index in [1.807, 2.05) is 0 Å². The molecule has 0 unspecified atom stereocenters. The molecule has 1 aliphatic rings. The summed E-state index contributed by atoms with van der Waals surface area (Å²) in [6, 6.07) is 0.494. The van der Waals surface area contributed by atoms with Gasteiger partial charge in [-0.3, -0.25) is 5.32 Å². The number of carbonyl (C=O) groups is 1. The number of nitrogens with zero attached hydrogens (tertiary/aromatic N) is 3. The van der Waals surface area contributed by atoms with Gasteiger partial charge in [0.05, 0.1) is 16.9 Å². The lowest BCUT2D eigenvalue weighted by atomic mass is 9.81. The molecule has 8 nitrogen and oxygen atoms in total. The number of halogens is 6. The molecule has 2 aromatic rings. The molecule has 4 bridgehead atoms. The predicted molar refractivity (Wildman–Crippen MR) is 105 cm³/mol. The van der Waals surface area contributed by atoms with Crippen molar-refractivity contribution in [1.29, 1.82) is 0 Å². The maximum Gasteiger partial charge on any atom is 0.426 e. The van der Waals surface area contributed by atoms with E-state index in [1.54, 1.807) is 19.2 Å². The number of aliphatic hydroxyl groups is 1. The molecule has 188 valence electrons. The fraction of sp³-hybridized carbons (Fsp3) is 0.600. The molecule has 0 saturated heterocycles. The van der Waals surface area contributed by atoms with Crippen LogP contribution in [0.25, 0.3) is 11.6 Å². The molecule has 1 amide bonds. The minimum atomic E-state index is -5.19. The topological polar surface area (TPSA) is 121 Å². The van der Waals surface area contributed by atoms with Crippen molar-refractivity contribution in [2.75, 3.05) is 5.32 Å². The van der Waals surface area contributed by atoms with E-state index in [2.05, 4.69) is 15.2 Å². The molecule has 14 heteroatoms. The van der Waals surface area contributed by atoms with E-state index < -0.39 is 70.3 Å². The van der Waals surface area contributed by atoms with E-state index in [1.165, 1.54) is 0 Å². The van der Waals surface area contributed by atoms with Gasteiger partial charge in [0.25, 0.3) is 11.8 Å². The van der Waals surface area contributed by atoms with Crippen molar-refractivity contribution < 1.29 is 45.8 Å². The molecule has 3 N–H and O–H groups in total. The van der Waals surface area contributed by atoms with Crippen molar-refractivity contribution in [2.24, 2.45) is 5.41 Å². The number of pyridine rings is 1. The van der Waals surface area contributed by atoms with Gasteiger partial charge >= 0.3 is 18.4 Å².